The van der Waals surface area contributed by atoms with Crippen molar-refractivity contribution in [1.82, 2.24) is 9.47 Å². The molecule has 6 heteroatoms. The molecule has 1 fully saturated rings. The zero-order chi connectivity index (χ0) is 20.9. The molecule has 5 nitrogen and oxygen atoms in total. The first kappa shape index (κ1) is 19.5. The Morgan fingerprint density at radius 3 is 2.55 bits per heavy atom. The van der Waals surface area contributed by atoms with Crippen molar-refractivity contribution in [3.8, 4) is 11.4 Å². The number of carboxylic acids is 1. The fourth-order valence-electron chi connectivity index (χ4n) is 4.44. The predicted molar refractivity (Wildman–Crippen MR) is 111 cm³/mol. The summed E-state index contributed by atoms with van der Waals surface area (Å²) in [7, 11) is 0. The van der Waals surface area contributed by atoms with Gasteiger partial charge in [0.05, 0.1) is 12.1 Å². The van der Waals surface area contributed by atoms with Gasteiger partial charge in [-0.15, -0.1) is 0 Å². The number of aliphatic carboxylic acids is 1. The lowest BCUT2D eigenvalue weighted by molar-refractivity contribution is -0.139. The Labute approximate surface area is 169 Å². The van der Waals surface area contributed by atoms with Crippen LogP contribution in [-0.4, -0.2) is 45.3 Å². The van der Waals surface area contributed by atoms with E-state index in [4.69, 9.17) is 5.11 Å². The fraction of sp³-hybridized carbons (Fsp3) is 0.348. The van der Waals surface area contributed by atoms with Crippen molar-refractivity contribution in [2.75, 3.05) is 19.6 Å². The van der Waals surface area contributed by atoms with Gasteiger partial charge in [0, 0.05) is 35.8 Å². The van der Waals surface area contributed by atoms with Crippen LogP contribution in [0.15, 0.2) is 36.4 Å². The van der Waals surface area contributed by atoms with Crippen LogP contribution in [-0.2, 0) is 4.79 Å². The van der Waals surface area contributed by atoms with Gasteiger partial charge in [-0.25, -0.2) is 4.39 Å². The summed E-state index contributed by atoms with van der Waals surface area (Å²) in [6.07, 6.45) is 0. The molecule has 1 saturated heterocycles. The Hall–Kier alpha value is -2.86. The largest absolute Gasteiger partial charge is 0.508 e. The second-order valence-corrected chi connectivity index (χ2v) is 8.21. The number of fused-ring (bicyclic) bond motifs is 1. The fourth-order valence-corrected chi connectivity index (χ4v) is 4.44. The number of phenolic OH excluding ortho intramolecular Hbond substituents is 1. The first-order valence-electron chi connectivity index (χ1n) is 9.84. The number of aromatic nitrogens is 1. The highest BCUT2D eigenvalue weighted by molar-refractivity contribution is 5.89. The third-order valence-electron chi connectivity index (χ3n) is 5.70. The summed E-state index contributed by atoms with van der Waals surface area (Å²) >= 11 is 0. The number of hydrogen-bond donors (Lipinski definition) is 2. The van der Waals surface area contributed by atoms with Gasteiger partial charge in [0.25, 0.3) is 0 Å². The van der Waals surface area contributed by atoms with Crippen molar-refractivity contribution >= 4 is 16.9 Å². The van der Waals surface area contributed by atoms with E-state index in [0.29, 0.717) is 18.7 Å². The van der Waals surface area contributed by atoms with E-state index >= 15 is 0 Å². The molecule has 0 amide bonds. The normalized spacial score (nSPS) is 15.2. The standard InChI is InChI=1S/C23H25FN2O3/c1-13(2)23-22(15-10-25(11-15)12-21(28)29)18-9-17(27)5-7-20(18)26(23)16-4-6-19(24)14(3)8-16/h4-9,13,15,27H,10-12H2,1-3H3,(H,28,29). The van der Waals surface area contributed by atoms with E-state index in [9.17, 15) is 14.3 Å². The summed E-state index contributed by atoms with van der Waals surface area (Å²) in [6.45, 7) is 7.37. The number of benzene rings is 2. The molecule has 0 unspecified atom stereocenters. The molecular weight excluding hydrogens is 371 g/mol. The van der Waals surface area contributed by atoms with Gasteiger partial charge in [-0.1, -0.05) is 13.8 Å². The van der Waals surface area contributed by atoms with Crippen LogP contribution in [0.1, 0.15) is 42.5 Å². The van der Waals surface area contributed by atoms with E-state index in [2.05, 4.69) is 18.4 Å². The van der Waals surface area contributed by atoms with E-state index in [1.807, 2.05) is 17.0 Å². The number of nitrogens with zero attached hydrogens (tertiary/aromatic N) is 2. The molecule has 1 aliphatic heterocycles. The zero-order valence-corrected chi connectivity index (χ0v) is 16.8. The van der Waals surface area contributed by atoms with Crippen LogP contribution >= 0.6 is 0 Å². The van der Waals surface area contributed by atoms with Gasteiger partial charge in [-0.05, 0) is 60.4 Å². The average molecular weight is 396 g/mol. The molecule has 1 aromatic heterocycles. The van der Waals surface area contributed by atoms with Gasteiger partial charge in [0.15, 0.2) is 0 Å². The summed E-state index contributed by atoms with van der Waals surface area (Å²) < 4.78 is 16.0. The topological polar surface area (TPSA) is 65.7 Å². The van der Waals surface area contributed by atoms with Crippen LogP contribution in [0.2, 0.25) is 0 Å². The molecule has 1 aliphatic rings. The first-order chi connectivity index (χ1) is 13.8. The van der Waals surface area contributed by atoms with Crippen molar-refractivity contribution in [3.05, 3.63) is 59.0 Å². The molecule has 0 atom stereocenters. The van der Waals surface area contributed by atoms with Crippen molar-refractivity contribution in [2.24, 2.45) is 0 Å². The number of aromatic hydroxyl groups is 1. The molecule has 0 bridgehead atoms. The number of halogens is 1. The van der Waals surface area contributed by atoms with E-state index in [1.54, 1.807) is 25.1 Å². The van der Waals surface area contributed by atoms with Crippen LogP contribution in [0.25, 0.3) is 16.6 Å². The van der Waals surface area contributed by atoms with Crippen LogP contribution in [0.4, 0.5) is 4.39 Å². The summed E-state index contributed by atoms with van der Waals surface area (Å²) in [6, 6.07) is 10.4. The average Bonchev–Trinajstić information content (AvgIpc) is 2.94. The highest BCUT2D eigenvalue weighted by atomic mass is 19.1. The van der Waals surface area contributed by atoms with Crippen molar-refractivity contribution in [2.45, 2.75) is 32.6 Å². The quantitative estimate of drug-likeness (QED) is 0.671. The minimum Gasteiger partial charge on any atom is -0.508 e. The summed E-state index contributed by atoms with van der Waals surface area (Å²) in [5.41, 5.74) is 4.70. The first-order valence-corrected chi connectivity index (χ1v) is 9.84. The maximum absolute atomic E-state index is 13.9. The summed E-state index contributed by atoms with van der Waals surface area (Å²) in [5.74, 6) is -0.479. The molecule has 2 heterocycles. The van der Waals surface area contributed by atoms with Gasteiger partial charge in [-0.3, -0.25) is 9.69 Å². The predicted octanol–water partition coefficient (Wildman–Crippen LogP) is 4.39. The Morgan fingerprint density at radius 1 is 1.21 bits per heavy atom. The van der Waals surface area contributed by atoms with Crippen LogP contribution in [0.5, 0.6) is 5.75 Å². The van der Waals surface area contributed by atoms with Crippen LogP contribution in [0.3, 0.4) is 0 Å². The Balaban J connectivity index is 1.91. The highest BCUT2D eigenvalue weighted by Gasteiger charge is 2.35. The van der Waals surface area contributed by atoms with Gasteiger partial charge >= 0.3 is 5.97 Å². The number of phenols is 1. The van der Waals surface area contributed by atoms with Gasteiger partial charge in [0.2, 0.25) is 0 Å². The van der Waals surface area contributed by atoms with E-state index in [0.717, 1.165) is 27.8 Å². The van der Waals surface area contributed by atoms with E-state index < -0.39 is 5.97 Å². The lowest BCUT2D eigenvalue weighted by Crippen LogP contribution is -2.47. The van der Waals surface area contributed by atoms with Crippen molar-refractivity contribution in [3.63, 3.8) is 0 Å². The number of carboxylic acid groups (broad SMARTS) is 1. The Bertz CT molecular complexity index is 1100. The number of hydrogen-bond acceptors (Lipinski definition) is 3. The smallest absolute Gasteiger partial charge is 0.317 e. The molecule has 2 N–H and O–H groups in total. The molecule has 0 saturated carbocycles. The molecule has 3 aromatic rings. The van der Waals surface area contributed by atoms with Crippen LogP contribution in [0, 0.1) is 12.7 Å². The van der Waals surface area contributed by atoms with Gasteiger partial charge in [0.1, 0.15) is 11.6 Å². The third kappa shape index (κ3) is 3.38. The van der Waals surface area contributed by atoms with Gasteiger partial charge in [-0.2, -0.15) is 0 Å². The molecule has 0 aliphatic carbocycles. The third-order valence-corrected chi connectivity index (χ3v) is 5.70. The highest BCUT2D eigenvalue weighted by Crippen LogP contribution is 2.42. The molecular formula is C23H25FN2O3. The zero-order valence-electron chi connectivity index (χ0n) is 16.8. The number of aryl methyl sites for hydroxylation is 1. The molecule has 2 aromatic carbocycles. The van der Waals surface area contributed by atoms with Crippen molar-refractivity contribution in [1.29, 1.82) is 0 Å². The van der Waals surface area contributed by atoms with Gasteiger partial charge < -0.3 is 14.8 Å². The lowest BCUT2D eigenvalue weighted by Gasteiger charge is -2.39. The minimum atomic E-state index is -0.825. The molecule has 0 radical (unpaired) electrons. The van der Waals surface area contributed by atoms with Crippen molar-refractivity contribution < 1.29 is 19.4 Å². The maximum Gasteiger partial charge on any atom is 0.317 e. The number of likely N-dealkylation sites (tertiary alicyclic amines) is 1. The molecule has 4 rings (SSSR count). The molecule has 152 valence electrons. The summed E-state index contributed by atoms with van der Waals surface area (Å²) in [4.78, 5) is 12.9. The SMILES string of the molecule is Cc1cc(-n2c(C(C)C)c(C3CN(CC(=O)O)C3)c3cc(O)ccc32)ccc1F. The minimum absolute atomic E-state index is 0.0363. The van der Waals surface area contributed by atoms with E-state index in [1.165, 1.54) is 6.07 Å². The lowest BCUT2D eigenvalue weighted by atomic mass is 9.86. The van der Waals surface area contributed by atoms with Crippen LogP contribution < -0.4 is 0 Å². The van der Waals surface area contributed by atoms with E-state index in [-0.39, 0.29) is 29.9 Å². The Morgan fingerprint density at radius 2 is 1.93 bits per heavy atom. The Kier molecular flexibility index (Phi) is 4.82. The summed E-state index contributed by atoms with van der Waals surface area (Å²) in [5, 5.41) is 20.2. The molecule has 29 heavy (non-hydrogen) atoms. The number of rotatable bonds is 5. The maximum atomic E-state index is 13.9. The second kappa shape index (κ2) is 7.19. The monoisotopic (exact) mass is 396 g/mol. The second-order valence-electron chi connectivity index (χ2n) is 8.21. The number of carbonyl (C=O) groups is 1. The molecule has 0 spiro atoms.